The van der Waals surface area contributed by atoms with Gasteiger partial charge >= 0.3 is 0 Å². The number of aromatic nitrogens is 1. The van der Waals surface area contributed by atoms with Crippen molar-refractivity contribution in [2.45, 2.75) is 41.5 Å². The molecular weight excluding hydrogens is 220 g/mol. The molecule has 18 heavy (non-hydrogen) atoms. The van der Waals surface area contributed by atoms with Gasteiger partial charge < -0.3 is 0 Å². The number of aliphatic imine (C=N–C) groups is 1. The number of aryl methyl sites for hydroxylation is 1. The van der Waals surface area contributed by atoms with E-state index >= 15 is 0 Å². The van der Waals surface area contributed by atoms with Gasteiger partial charge in [-0.1, -0.05) is 46.4 Å². The lowest BCUT2D eigenvalue weighted by Gasteiger charge is -1.82. The van der Waals surface area contributed by atoms with Crippen molar-refractivity contribution in [2.24, 2.45) is 4.99 Å². The average molecular weight is 248 g/mol. The number of hydrogen-bond acceptors (Lipinski definition) is 2. The van der Waals surface area contributed by atoms with Gasteiger partial charge in [0.25, 0.3) is 0 Å². The van der Waals surface area contributed by atoms with E-state index in [4.69, 9.17) is 0 Å². The minimum atomic E-state index is 1.04. The lowest BCUT2D eigenvalue weighted by Crippen LogP contribution is -1.72. The summed E-state index contributed by atoms with van der Waals surface area (Å²) in [5, 5.41) is 0. The van der Waals surface area contributed by atoms with Crippen LogP contribution in [0.4, 0.5) is 0 Å². The summed E-state index contributed by atoms with van der Waals surface area (Å²) in [5.41, 5.74) is 2.11. The highest BCUT2D eigenvalue weighted by Crippen LogP contribution is 1.89. The molecule has 0 saturated heterocycles. The van der Waals surface area contributed by atoms with Crippen LogP contribution in [0.1, 0.15) is 40.3 Å². The monoisotopic (exact) mass is 248 g/mol. The van der Waals surface area contributed by atoms with Gasteiger partial charge in [0.2, 0.25) is 0 Å². The lowest BCUT2D eigenvalue weighted by molar-refractivity contribution is 1.20. The molecule has 0 unspecified atom stereocenters. The predicted molar refractivity (Wildman–Crippen MR) is 85.2 cm³/mol. The summed E-state index contributed by atoms with van der Waals surface area (Å²) in [5.74, 6) is 0. The molecule has 0 spiro atoms. The highest BCUT2D eigenvalue weighted by Gasteiger charge is 1.73. The minimum Gasteiger partial charge on any atom is -0.272 e. The molecule has 0 amide bonds. The van der Waals surface area contributed by atoms with Gasteiger partial charge in [-0.15, -0.1) is 0 Å². The number of pyridine rings is 1. The van der Waals surface area contributed by atoms with Crippen molar-refractivity contribution in [3.05, 3.63) is 54.5 Å². The molecule has 0 N–H and O–H groups in total. The van der Waals surface area contributed by atoms with Crippen LogP contribution < -0.4 is 0 Å². The van der Waals surface area contributed by atoms with Gasteiger partial charge in [0.1, 0.15) is 0 Å². The van der Waals surface area contributed by atoms with E-state index in [-0.39, 0.29) is 0 Å². The SMILES string of the molecule is C=C/C(C)=C\N=C.CC.CC.Cc1ccccn1. The third-order valence-electron chi connectivity index (χ3n) is 1.43. The first-order chi connectivity index (χ1) is 8.70. The molecule has 1 aromatic rings. The molecule has 0 aromatic carbocycles. The third kappa shape index (κ3) is 19.8. The van der Waals surface area contributed by atoms with E-state index in [2.05, 4.69) is 23.3 Å². The molecule has 2 nitrogen and oxygen atoms in total. The number of hydrogen-bond donors (Lipinski definition) is 0. The number of rotatable bonds is 2. The van der Waals surface area contributed by atoms with Crippen LogP contribution in [-0.2, 0) is 0 Å². The van der Waals surface area contributed by atoms with E-state index in [0.717, 1.165) is 11.3 Å². The van der Waals surface area contributed by atoms with E-state index in [1.807, 2.05) is 59.7 Å². The zero-order valence-electron chi connectivity index (χ0n) is 12.8. The smallest absolute Gasteiger partial charge is 0.0372 e. The van der Waals surface area contributed by atoms with Gasteiger partial charge in [-0.2, -0.15) is 0 Å². The minimum absolute atomic E-state index is 1.04. The molecule has 0 aliphatic carbocycles. The standard InChI is InChI=1S/C6H7N.C6H9N.2C2H6/c1-6-4-2-3-5-7-6;1-4-6(2)5-7-3;2*1-2/h2-5H,1H3;4-5H,1,3H2,2H3;2*1-2H3/b;6-5-;;. The Morgan fingerprint density at radius 3 is 1.94 bits per heavy atom. The quantitative estimate of drug-likeness (QED) is 0.520. The van der Waals surface area contributed by atoms with Crippen molar-refractivity contribution < 1.29 is 0 Å². The second kappa shape index (κ2) is 20.7. The summed E-state index contributed by atoms with van der Waals surface area (Å²) in [4.78, 5) is 7.50. The van der Waals surface area contributed by atoms with Crippen molar-refractivity contribution >= 4 is 6.72 Å². The highest BCUT2D eigenvalue weighted by atomic mass is 14.6. The van der Waals surface area contributed by atoms with Crippen molar-refractivity contribution in [1.82, 2.24) is 4.98 Å². The fraction of sp³-hybridized carbons (Fsp3) is 0.375. The largest absolute Gasteiger partial charge is 0.272 e. The Kier molecular flexibility index (Phi) is 24.8. The first-order valence-electron chi connectivity index (χ1n) is 6.33. The predicted octanol–water partition coefficient (Wildman–Crippen LogP) is 5.22. The first kappa shape index (κ1) is 21.6. The van der Waals surface area contributed by atoms with Crippen LogP contribution in [0.25, 0.3) is 0 Å². The molecule has 0 aliphatic heterocycles. The van der Waals surface area contributed by atoms with Crippen LogP contribution >= 0.6 is 0 Å². The van der Waals surface area contributed by atoms with Crippen molar-refractivity contribution in [2.75, 3.05) is 0 Å². The summed E-state index contributed by atoms with van der Waals surface area (Å²) in [6.45, 7) is 18.7. The van der Waals surface area contributed by atoms with E-state index in [1.54, 1.807) is 18.5 Å². The van der Waals surface area contributed by atoms with Gasteiger partial charge in [-0.25, -0.2) is 0 Å². The maximum atomic E-state index is 3.98. The third-order valence-corrected chi connectivity index (χ3v) is 1.43. The fourth-order valence-electron chi connectivity index (χ4n) is 0.645. The summed E-state index contributed by atoms with van der Waals surface area (Å²) in [6, 6.07) is 5.86. The van der Waals surface area contributed by atoms with Gasteiger partial charge in [0.05, 0.1) is 0 Å². The summed E-state index contributed by atoms with van der Waals surface area (Å²) >= 11 is 0. The van der Waals surface area contributed by atoms with Gasteiger partial charge in [0, 0.05) is 18.1 Å². The van der Waals surface area contributed by atoms with Crippen LogP contribution in [0, 0.1) is 6.92 Å². The molecule has 102 valence electrons. The molecule has 0 aliphatic rings. The second-order valence-corrected chi connectivity index (χ2v) is 2.73. The summed E-state index contributed by atoms with van der Waals surface area (Å²) < 4.78 is 0. The van der Waals surface area contributed by atoms with Crippen LogP contribution in [0.5, 0.6) is 0 Å². The van der Waals surface area contributed by atoms with E-state index in [1.165, 1.54) is 0 Å². The van der Waals surface area contributed by atoms with Gasteiger partial charge in [-0.3, -0.25) is 9.98 Å². The summed E-state index contributed by atoms with van der Waals surface area (Å²) in [7, 11) is 0. The van der Waals surface area contributed by atoms with Crippen molar-refractivity contribution in [1.29, 1.82) is 0 Å². The van der Waals surface area contributed by atoms with Crippen LogP contribution in [0.15, 0.2) is 53.8 Å². The van der Waals surface area contributed by atoms with Gasteiger partial charge in [0.15, 0.2) is 0 Å². The highest BCUT2D eigenvalue weighted by molar-refractivity contribution is 5.27. The average Bonchev–Trinajstić information content (AvgIpc) is 2.45. The lowest BCUT2D eigenvalue weighted by atomic mass is 10.3. The Morgan fingerprint density at radius 2 is 1.78 bits per heavy atom. The molecule has 0 fully saturated rings. The number of nitrogens with zero attached hydrogens (tertiary/aromatic N) is 2. The maximum absolute atomic E-state index is 3.98. The van der Waals surface area contributed by atoms with E-state index < -0.39 is 0 Å². The van der Waals surface area contributed by atoms with Crippen LogP contribution in [0.3, 0.4) is 0 Å². The fourth-order valence-corrected chi connectivity index (χ4v) is 0.645. The molecular formula is C16H28N2. The molecule has 0 radical (unpaired) electrons. The zero-order chi connectivity index (χ0) is 14.8. The van der Waals surface area contributed by atoms with Gasteiger partial charge in [-0.05, 0) is 38.3 Å². The second-order valence-electron chi connectivity index (χ2n) is 2.73. The van der Waals surface area contributed by atoms with Crippen LogP contribution in [-0.4, -0.2) is 11.7 Å². The molecule has 0 saturated carbocycles. The van der Waals surface area contributed by atoms with E-state index in [9.17, 15) is 0 Å². The summed E-state index contributed by atoms with van der Waals surface area (Å²) in [6.07, 6.45) is 5.18. The van der Waals surface area contributed by atoms with Crippen molar-refractivity contribution in [3.63, 3.8) is 0 Å². The van der Waals surface area contributed by atoms with E-state index in [0.29, 0.717) is 0 Å². The molecule has 0 atom stereocenters. The zero-order valence-corrected chi connectivity index (χ0v) is 12.8. The molecule has 1 heterocycles. The maximum Gasteiger partial charge on any atom is 0.0372 e. The Balaban J connectivity index is -0.000000196. The van der Waals surface area contributed by atoms with Crippen LogP contribution in [0.2, 0.25) is 0 Å². The molecule has 2 heteroatoms. The Bertz CT molecular complexity index is 300. The topological polar surface area (TPSA) is 25.2 Å². The first-order valence-corrected chi connectivity index (χ1v) is 6.33. The normalized spacial score (nSPS) is 8.22. The Labute approximate surface area is 113 Å². The number of allylic oxidation sites excluding steroid dienone is 2. The van der Waals surface area contributed by atoms with Crippen molar-refractivity contribution in [3.8, 4) is 0 Å². The molecule has 0 bridgehead atoms. The molecule has 1 aromatic heterocycles. The Hall–Kier alpha value is -1.70. The molecule has 1 rings (SSSR count). The Morgan fingerprint density at radius 1 is 1.22 bits per heavy atom.